The Balaban J connectivity index is 1.18. The Kier molecular flexibility index (Phi) is 9.62. The van der Waals surface area contributed by atoms with Crippen LogP contribution in [0.25, 0.3) is 0 Å². The lowest BCUT2D eigenvalue weighted by atomic mass is 9.77. The van der Waals surface area contributed by atoms with Crippen molar-refractivity contribution in [2.75, 3.05) is 26.2 Å². The Morgan fingerprint density at radius 3 is 2.26 bits per heavy atom. The van der Waals surface area contributed by atoms with E-state index in [1.54, 1.807) is 5.56 Å². The predicted molar refractivity (Wildman–Crippen MR) is 150 cm³/mol. The standard InChI is InChI=1S/C31H46N4/c1-4-5-20-33-31(32-3)35-23-18-27(19-24-35)9-8-26-10-12-29(13-11-26)30-16-14-28(15-17-30)25(2)34-21-6-7-22-34/h5,10-13,20,27-28,30H,2-4,6-9,14-19,21-24H2,1H3/b20-5+,33-31+. The van der Waals surface area contributed by atoms with Crippen molar-refractivity contribution in [2.24, 2.45) is 21.8 Å². The van der Waals surface area contributed by atoms with Gasteiger partial charge in [-0.2, -0.15) is 0 Å². The molecule has 3 fully saturated rings. The molecule has 4 nitrogen and oxygen atoms in total. The Labute approximate surface area is 213 Å². The average Bonchev–Trinajstić information content (AvgIpc) is 3.46. The number of hydrogen-bond acceptors (Lipinski definition) is 2. The van der Waals surface area contributed by atoms with Crippen LogP contribution >= 0.6 is 0 Å². The van der Waals surface area contributed by atoms with Gasteiger partial charge < -0.3 is 9.80 Å². The van der Waals surface area contributed by atoms with E-state index in [2.05, 4.69) is 70.3 Å². The highest BCUT2D eigenvalue weighted by molar-refractivity contribution is 5.84. The summed E-state index contributed by atoms with van der Waals surface area (Å²) in [5, 5.41) is 0. The summed E-state index contributed by atoms with van der Waals surface area (Å²) < 4.78 is 0. The van der Waals surface area contributed by atoms with Crippen molar-refractivity contribution in [3.05, 3.63) is 59.9 Å². The number of likely N-dealkylation sites (tertiary alicyclic amines) is 2. The number of rotatable bonds is 8. The van der Waals surface area contributed by atoms with E-state index in [9.17, 15) is 0 Å². The van der Waals surface area contributed by atoms with E-state index in [0.29, 0.717) is 5.92 Å². The lowest BCUT2D eigenvalue weighted by Gasteiger charge is -2.34. The summed E-state index contributed by atoms with van der Waals surface area (Å²) in [7, 11) is 0. The van der Waals surface area contributed by atoms with Crippen LogP contribution in [-0.4, -0.2) is 48.7 Å². The number of nitrogens with zero attached hydrogens (tertiary/aromatic N) is 4. The zero-order valence-electron chi connectivity index (χ0n) is 22.0. The topological polar surface area (TPSA) is 31.2 Å². The smallest absolute Gasteiger partial charge is 0.224 e. The van der Waals surface area contributed by atoms with Gasteiger partial charge in [0.25, 0.3) is 0 Å². The maximum atomic E-state index is 4.48. The first kappa shape index (κ1) is 25.7. The van der Waals surface area contributed by atoms with Crippen LogP contribution in [-0.2, 0) is 6.42 Å². The van der Waals surface area contributed by atoms with E-state index >= 15 is 0 Å². The van der Waals surface area contributed by atoms with Crippen molar-refractivity contribution in [2.45, 2.75) is 83.5 Å². The number of hydrogen-bond donors (Lipinski definition) is 0. The molecule has 3 aliphatic rings. The third kappa shape index (κ3) is 7.08. The van der Waals surface area contributed by atoms with Crippen LogP contribution in [0.3, 0.4) is 0 Å². The summed E-state index contributed by atoms with van der Waals surface area (Å²) in [6.07, 6.45) is 17.7. The summed E-state index contributed by atoms with van der Waals surface area (Å²) in [4.78, 5) is 13.5. The van der Waals surface area contributed by atoms with Gasteiger partial charge in [0.15, 0.2) is 0 Å². The lowest BCUT2D eigenvalue weighted by Crippen LogP contribution is -2.37. The van der Waals surface area contributed by atoms with Gasteiger partial charge >= 0.3 is 0 Å². The summed E-state index contributed by atoms with van der Waals surface area (Å²) in [6.45, 7) is 14.8. The summed E-state index contributed by atoms with van der Waals surface area (Å²) in [5.41, 5.74) is 4.47. The third-order valence-corrected chi connectivity index (χ3v) is 8.57. The van der Waals surface area contributed by atoms with Crippen LogP contribution in [0.2, 0.25) is 0 Å². The lowest BCUT2D eigenvalue weighted by molar-refractivity contribution is 0.254. The molecule has 0 spiro atoms. The minimum atomic E-state index is 0.715. The molecule has 2 heterocycles. The van der Waals surface area contributed by atoms with Gasteiger partial charge in [-0.25, -0.2) is 9.98 Å². The monoisotopic (exact) mass is 474 g/mol. The van der Waals surface area contributed by atoms with Gasteiger partial charge in [0.1, 0.15) is 0 Å². The van der Waals surface area contributed by atoms with Crippen molar-refractivity contribution >= 4 is 12.7 Å². The quantitative estimate of drug-likeness (QED) is 0.295. The second-order valence-electron chi connectivity index (χ2n) is 10.8. The largest absolute Gasteiger partial charge is 0.375 e. The van der Waals surface area contributed by atoms with Crippen LogP contribution in [0.1, 0.15) is 88.2 Å². The van der Waals surface area contributed by atoms with Gasteiger partial charge in [0.05, 0.1) is 0 Å². The van der Waals surface area contributed by atoms with Gasteiger partial charge in [-0.05, 0) is 106 Å². The summed E-state index contributed by atoms with van der Waals surface area (Å²) in [5.74, 6) is 3.02. The molecule has 190 valence electrons. The highest BCUT2D eigenvalue weighted by atomic mass is 15.3. The molecule has 0 aromatic heterocycles. The SMILES string of the molecule is C=N/C(=N\C=C\CC)N1CCC(CCc2ccc(C3CCC(C(=C)N4CCCC4)CC3)cc2)CC1. The van der Waals surface area contributed by atoms with Crippen LogP contribution in [0.15, 0.2) is 58.8 Å². The predicted octanol–water partition coefficient (Wildman–Crippen LogP) is 7.19. The maximum Gasteiger partial charge on any atom is 0.224 e. The first-order valence-electron chi connectivity index (χ1n) is 14.1. The average molecular weight is 475 g/mol. The normalized spacial score (nSPS) is 24.3. The second kappa shape index (κ2) is 13.1. The summed E-state index contributed by atoms with van der Waals surface area (Å²) >= 11 is 0. The number of piperidine rings is 1. The Bertz CT molecular complexity index is 862. The van der Waals surface area contributed by atoms with E-state index in [4.69, 9.17) is 0 Å². The van der Waals surface area contributed by atoms with E-state index in [1.165, 1.54) is 88.6 Å². The molecule has 0 atom stereocenters. The second-order valence-corrected chi connectivity index (χ2v) is 10.8. The highest BCUT2D eigenvalue weighted by Gasteiger charge is 2.27. The van der Waals surface area contributed by atoms with Gasteiger partial charge in [-0.15, -0.1) is 0 Å². The molecule has 1 aromatic carbocycles. The molecule has 1 aliphatic carbocycles. The van der Waals surface area contributed by atoms with Crippen LogP contribution in [0.5, 0.6) is 0 Å². The molecule has 4 rings (SSSR count). The van der Waals surface area contributed by atoms with Crippen LogP contribution in [0, 0.1) is 11.8 Å². The van der Waals surface area contributed by atoms with Gasteiger partial charge in [0.2, 0.25) is 5.96 Å². The molecule has 0 amide bonds. The van der Waals surface area contributed by atoms with Crippen molar-refractivity contribution in [1.29, 1.82) is 0 Å². The molecule has 4 heteroatoms. The molecule has 2 aliphatic heterocycles. The number of aliphatic imine (C=N–C) groups is 2. The Morgan fingerprint density at radius 2 is 1.63 bits per heavy atom. The maximum absolute atomic E-state index is 4.48. The van der Waals surface area contributed by atoms with Gasteiger partial charge in [0, 0.05) is 38.1 Å². The van der Waals surface area contributed by atoms with E-state index in [-0.39, 0.29) is 0 Å². The molecule has 0 N–H and O–H groups in total. The molecule has 1 aromatic rings. The summed E-state index contributed by atoms with van der Waals surface area (Å²) in [6, 6.07) is 9.62. The first-order valence-corrected chi connectivity index (χ1v) is 14.1. The van der Waals surface area contributed by atoms with Crippen LogP contribution in [0.4, 0.5) is 0 Å². The molecule has 2 saturated heterocycles. The van der Waals surface area contributed by atoms with E-state index in [1.807, 2.05) is 6.20 Å². The molecule has 1 saturated carbocycles. The van der Waals surface area contributed by atoms with Crippen molar-refractivity contribution in [1.82, 2.24) is 9.80 Å². The minimum absolute atomic E-state index is 0.715. The fourth-order valence-corrected chi connectivity index (χ4v) is 6.22. The van der Waals surface area contributed by atoms with E-state index < -0.39 is 0 Å². The Morgan fingerprint density at radius 1 is 0.943 bits per heavy atom. The number of allylic oxidation sites excluding steroid dienone is 2. The third-order valence-electron chi connectivity index (χ3n) is 8.57. The minimum Gasteiger partial charge on any atom is -0.375 e. The molecular weight excluding hydrogens is 428 g/mol. The Hall–Kier alpha value is -2.36. The van der Waals surface area contributed by atoms with Crippen LogP contribution < -0.4 is 0 Å². The number of aryl methyl sites for hydroxylation is 1. The number of benzene rings is 1. The highest BCUT2D eigenvalue weighted by Crippen LogP contribution is 2.39. The zero-order chi connectivity index (χ0) is 24.5. The van der Waals surface area contributed by atoms with Crippen molar-refractivity contribution < 1.29 is 0 Å². The molecular formula is C31H46N4. The first-order chi connectivity index (χ1) is 17.2. The fraction of sp³-hybridized carbons (Fsp3) is 0.613. The molecule has 0 bridgehead atoms. The van der Waals surface area contributed by atoms with E-state index in [0.717, 1.165) is 37.3 Å². The van der Waals surface area contributed by atoms with Crippen molar-refractivity contribution in [3.63, 3.8) is 0 Å². The van der Waals surface area contributed by atoms with Gasteiger partial charge in [-0.3, -0.25) is 0 Å². The van der Waals surface area contributed by atoms with Gasteiger partial charge in [-0.1, -0.05) is 43.8 Å². The zero-order valence-corrected chi connectivity index (χ0v) is 22.0. The molecule has 0 unspecified atom stereocenters. The number of guanidine groups is 1. The molecule has 0 radical (unpaired) electrons. The molecule has 35 heavy (non-hydrogen) atoms. The van der Waals surface area contributed by atoms with Crippen molar-refractivity contribution in [3.8, 4) is 0 Å². The fourth-order valence-electron chi connectivity index (χ4n) is 6.22.